The predicted octanol–water partition coefficient (Wildman–Crippen LogP) is 1.25. The molecule has 0 aromatic heterocycles. The Morgan fingerprint density at radius 3 is 2.00 bits per heavy atom. The van der Waals surface area contributed by atoms with Crippen molar-refractivity contribution in [3.05, 3.63) is 0 Å². The number of hydrogen-bond donors (Lipinski definition) is 3. The van der Waals surface area contributed by atoms with Crippen molar-refractivity contribution in [1.82, 2.24) is 5.48 Å². The molecule has 0 amide bonds. The molecule has 4 nitrogen and oxygen atoms in total. The summed E-state index contributed by atoms with van der Waals surface area (Å²) in [5, 5.41) is 8.62. The third-order valence-corrected chi connectivity index (χ3v) is 3.67. The molecule has 2 rings (SSSR count). The van der Waals surface area contributed by atoms with E-state index in [0.717, 1.165) is 0 Å². The Kier molecular flexibility index (Phi) is 2.91. The lowest BCUT2D eigenvalue weighted by molar-refractivity contribution is 0.151. The minimum absolute atomic E-state index is 0.175. The van der Waals surface area contributed by atoms with Gasteiger partial charge < -0.3 is 5.73 Å². The number of aliphatic imine (C=N–C) groups is 1. The van der Waals surface area contributed by atoms with Gasteiger partial charge in [0.15, 0.2) is 0 Å². The van der Waals surface area contributed by atoms with Crippen LogP contribution in [0.1, 0.15) is 38.5 Å². The maximum Gasteiger partial charge on any atom is 0.213 e. The Morgan fingerprint density at radius 1 is 1.21 bits per heavy atom. The molecule has 0 aromatic rings. The fourth-order valence-electron chi connectivity index (χ4n) is 2.35. The molecule has 0 aromatic carbocycles. The summed E-state index contributed by atoms with van der Waals surface area (Å²) in [7, 11) is 0. The highest BCUT2D eigenvalue weighted by Crippen LogP contribution is 2.41. The molecule has 0 heterocycles. The molecule has 0 atom stereocenters. The molecule has 14 heavy (non-hydrogen) atoms. The number of hydrogen-bond acceptors (Lipinski definition) is 2. The molecule has 0 saturated heterocycles. The molecule has 0 radical (unpaired) electrons. The minimum Gasteiger partial charge on any atom is -0.368 e. The van der Waals surface area contributed by atoms with Crippen LogP contribution in [0.25, 0.3) is 0 Å². The zero-order valence-corrected chi connectivity index (χ0v) is 8.45. The summed E-state index contributed by atoms with van der Waals surface area (Å²) in [6.45, 7) is 0. The zero-order valence-electron chi connectivity index (χ0n) is 8.45. The molecule has 2 fully saturated rings. The van der Waals surface area contributed by atoms with Gasteiger partial charge in [-0.3, -0.25) is 5.21 Å². The summed E-state index contributed by atoms with van der Waals surface area (Å²) in [6.07, 6.45) is 7.78. The Labute approximate surface area is 84.5 Å². The van der Waals surface area contributed by atoms with Crippen LogP contribution in [0.5, 0.6) is 0 Å². The normalized spacial score (nSPS) is 24.6. The first-order valence-corrected chi connectivity index (χ1v) is 5.54. The quantitative estimate of drug-likeness (QED) is 0.362. The molecule has 0 bridgehead atoms. The SMILES string of the molecule is NC(=NC(C1CCC1)C1CCC1)NO. The van der Waals surface area contributed by atoms with Crippen molar-refractivity contribution in [2.24, 2.45) is 22.6 Å². The first-order valence-electron chi connectivity index (χ1n) is 5.54. The molecule has 4 N–H and O–H groups in total. The highest BCUT2D eigenvalue weighted by atomic mass is 16.5. The third-order valence-electron chi connectivity index (χ3n) is 3.67. The first kappa shape index (κ1) is 9.77. The van der Waals surface area contributed by atoms with Crippen LogP contribution in [0.4, 0.5) is 0 Å². The van der Waals surface area contributed by atoms with Gasteiger partial charge >= 0.3 is 0 Å². The van der Waals surface area contributed by atoms with E-state index in [4.69, 9.17) is 10.9 Å². The number of rotatable bonds is 3. The second-order valence-electron chi connectivity index (χ2n) is 4.50. The molecule has 0 unspecified atom stereocenters. The number of hydroxylamine groups is 1. The Balaban J connectivity index is 1.97. The van der Waals surface area contributed by atoms with E-state index in [-0.39, 0.29) is 5.96 Å². The van der Waals surface area contributed by atoms with Crippen LogP contribution in [-0.2, 0) is 0 Å². The van der Waals surface area contributed by atoms with Crippen molar-refractivity contribution in [3.8, 4) is 0 Å². The van der Waals surface area contributed by atoms with Gasteiger partial charge in [0.2, 0.25) is 5.96 Å². The van der Waals surface area contributed by atoms with Crippen molar-refractivity contribution >= 4 is 5.96 Å². The van der Waals surface area contributed by atoms with Crippen molar-refractivity contribution in [2.75, 3.05) is 0 Å². The van der Waals surface area contributed by atoms with Crippen LogP contribution in [0.2, 0.25) is 0 Å². The Morgan fingerprint density at radius 2 is 1.71 bits per heavy atom. The van der Waals surface area contributed by atoms with Crippen LogP contribution < -0.4 is 11.2 Å². The van der Waals surface area contributed by atoms with Crippen molar-refractivity contribution < 1.29 is 5.21 Å². The lowest BCUT2D eigenvalue weighted by Crippen LogP contribution is -2.39. The monoisotopic (exact) mass is 197 g/mol. The molecule has 0 spiro atoms. The fraction of sp³-hybridized carbons (Fsp3) is 0.900. The van der Waals surface area contributed by atoms with Crippen LogP contribution in [0.15, 0.2) is 4.99 Å². The first-order chi connectivity index (χ1) is 6.81. The van der Waals surface area contributed by atoms with E-state index in [2.05, 4.69) is 4.99 Å². The standard InChI is InChI=1S/C10H19N3O/c11-10(13-14)12-9(7-3-1-4-7)8-5-2-6-8/h7-9,14H,1-6H2,(H3,11,12,13). The van der Waals surface area contributed by atoms with Gasteiger partial charge in [0, 0.05) is 0 Å². The van der Waals surface area contributed by atoms with Gasteiger partial charge in [-0.25, -0.2) is 10.5 Å². The number of nitrogens with zero attached hydrogens (tertiary/aromatic N) is 1. The molecular formula is C10H19N3O. The average Bonchev–Trinajstić information content (AvgIpc) is 1.97. The van der Waals surface area contributed by atoms with Crippen LogP contribution >= 0.6 is 0 Å². The third kappa shape index (κ3) is 1.85. The number of nitrogens with one attached hydrogen (secondary N) is 1. The van der Waals surface area contributed by atoms with Gasteiger partial charge in [0.1, 0.15) is 0 Å². The maximum absolute atomic E-state index is 8.62. The van der Waals surface area contributed by atoms with Crippen molar-refractivity contribution in [1.29, 1.82) is 0 Å². The summed E-state index contributed by atoms with van der Waals surface area (Å²) >= 11 is 0. The summed E-state index contributed by atoms with van der Waals surface area (Å²) in [5.41, 5.74) is 7.43. The summed E-state index contributed by atoms with van der Waals surface area (Å²) in [6, 6.07) is 0.358. The van der Waals surface area contributed by atoms with Crippen LogP contribution in [0, 0.1) is 11.8 Å². The number of guanidine groups is 1. The summed E-state index contributed by atoms with van der Waals surface area (Å²) in [5.74, 6) is 1.60. The highest BCUT2D eigenvalue weighted by Gasteiger charge is 2.36. The van der Waals surface area contributed by atoms with E-state index in [1.807, 2.05) is 5.48 Å². The van der Waals surface area contributed by atoms with Crippen molar-refractivity contribution in [3.63, 3.8) is 0 Å². The smallest absolute Gasteiger partial charge is 0.213 e. The van der Waals surface area contributed by atoms with Gasteiger partial charge in [-0.15, -0.1) is 0 Å². The molecular weight excluding hydrogens is 178 g/mol. The average molecular weight is 197 g/mol. The van der Waals surface area contributed by atoms with E-state index in [1.165, 1.54) is 38.5 Å². The topological polar surface area (TPSA) is 70.6 Å². The molecule has 4 heteroatoms. The summed E-state index contributed by atoms with van der Waals surface area (Å²) < 4.78 is 0. The lowest BCUT2D eigenvalue weighted by Gasteiger charge is -2.40. The van der Waals surface area contributed by atoms with E-state index < -0.39 is 0 Å². The molecule has 80 valence electrons. The highest BCUT2D eigenvalue weighted by molar-refractivity contribution is 5.76. The molecule has 0 aliphatic heterocycles. The van der Waals surface area contributed by atoms with Crippen LogP contribution in [-0.4, -0.2) is 17.2 Å². The fourth-order valence-corrected chi connectivity index (χ4v) is 2.35. The van der Waals surface area contributed by atoms with E-state index in [9.17, 15) is 0 Å². The minimum atomic E-state index is 0.175. The molecule has 2 aliphatic carbocycles. The van der Waals surface area contributed by atoms with Gasteiger partial charge in [0.25, 0.3) is 0 Å². The van der Waals surface area contributed by atoms with Gasteiger partial charge in [-0.1, -0.05) is 12.8 Å². The predicted molar refractivity (Wildman–Crippen MR) is 55.0 cm³/mol. The maximum atomic E-state index is 8.62. The molecule has 2 saturated carbocycles. The van der Waals surface area contributed by atoms with Gasteiger partial charge in [-0.2, -0.15) is 0 Å². The van der Waals surface area contributed by atoms with Gasteiger partial charge in [0.05, 0.1) is 6.04 Å². The summed E-state index contributed by atoms with van der Waals surface area (Å²) in [4.78, 5) is 4.37. The zero-order chi connectivity index (χ0) is 9.97. The lowest BCUT2D eigenvalue weighted by atomic mass is 9.69. The second kappa shape index (κ2) is 4.17. The number of nitrogens with two attached hydrogens (primary N) is 1. The second-order valence-corrected chi connectivity index (χ2v) is 4.50. The van der Waals surface area contributed by atoms with E-state index in [0.29, 0.717) is 17.9 Å². The van der Waals surface area contributed by atoms with E-state index >= 15 is 0 Å². The van der Waals surface area contributed by atoms with Crippen molar-refractivity contribution in [2.45, 2.75) is 44.6 Å². The molecule has 2 aliphatic rings. The Hall–Kier alpha value is -0.770. The van der Waals surface area contributed by atoms with Gasteiger partial charge in [-0.05, 0) is 37.5 Å². The Bertz CT molecular complexity index is 207. The largest absolute Gasteiger partial charge is 0.368 e. The van der Waals surface area contributed by atoms with E-state index in [1.54, 1.807) is 0 Å². The van der Waals surface area contributed by atoms with Crippen LogP contribution in [0.3, 0.4) is 0 Å².